The third-order valence-electron chi connectivity index (χ3n) is 4.79. The van der Waals surface area contributed by atoms with Crippen LogP contribution in [0.15, 0.2) is 30.6 Å². The maximum Gasteiger partial charge on any atom is 0.143 e. The molecule has 3 rings (SSSR count). The number of piperidine rings is 1. The number of halogens is 1. The first kappa shape index (κ1) is 16.9. The van der Waals surface area contributed by atoms with E-state index in [4.69, 9.17) is 0 Å². The van der Waals surface area contributed by atoms with Crippen LogP contribution < -0.4 is 10.2 Å². The molecule has 1 aromatic heterocycles. The van der Waals surface area contributed by atoms with Gasteiger partial charge in [0, 0.05) is 31.4 Å². The van der Waals surface area contributed by atoms with Gasteiger partial charge in [-0.3, -0.25) is 0 Å². The number of aromatic nitrogens is 3. The van der Waals surface area contributed by atoms with Crippen LogP contribution in [0.2, 0.25) is 0 Å². The number of rotatable bonds is 6. The summed E-state index contributed by atoms with van der Waals surface area (Å²) in [6.45, 7) is 7.09. The van der Waals surface area contributed by atoms with Crippen LogP contribution in [-0.4, -0.2) is 33.9 Å². The standard InChI is InChI=1S/C18H26FN5/c1-3-17(18-20-13-21-24(18)4-2)22-15-9-11-23(12-10-15)16-7-5-14(19)6-8-16/h5-8,13,15,17,22H,3-4,9-12H2,1-2H3/t17-/m1/s1. The Kier molecular flexibility index (Phi) is 5.45. The summed E-state index contributed by atoms with van der Waals surface area (Å²) in [5.74, 6) is 0.849. The molecule has 1 atom stereocenters. The van der Waals surface area contributed by atoms with Crippen molar-refractivity contribution in [2.24, 2.45) is 0 Å². The Morgan fingerprint density at radius 3 is 2.54 bits per heavy atom. The molecule has 0 unspecified atom stereocenters. The van der Waals surface area contributed by atoms with Crippen LogP contribution in [0.25, 0.3) is 0 Å². The SMILES string of the molecule is CC[C@@H](NC1CCN(c2ccc(F)cc2)CC1)c1ncnn1CC. The molecule has 0 bridgehead atoms. The van der Waals surface area contributed by atoms with Crippen molar-refractivity contribution in [1.29, 1.82) is 0 Å². The highest BCUT2D eigenvalue weighted by Crippen LogP contribution is 2.23. The Labute approximate surface area is 142 Å². The van der Waals surface area contributed by atoms with E-state index in [1.54, 1.807) is 6.33 Å². The number of nitrogens with one attached hydrogen (secondary N) is 1. The summed E-state index contributed by atoms with van der Waals surface area (Å²) in [7, 11) is 0. The summed E-state index contributed by atoms with van der Waals surface area (Å²) >= 11 is 0. The van der Waals surface area contributed by atoms with Crippen molar-refractivity contribution in [3.05, 3.63) is 42.2 Å². The molecule has 1 fully saturated rings. The molecule has 1 aliphatic heterocycles. The zero-order chi connectivity index (χ0) is 16.9. The van der Waals surface area contributed by atoms with Gasteiger partial charge in [0.1, 0.15) is 18.0 Å². The smallest absolute Gasteiger partial charge is 0.143 e. The molecule has 1 aliphatic rings. The fourth-order valence-electron chi connectivity index (χ4n) is 3.40. The highest BCUT2D eigenvalue weighted by Gasteiger charge is 2.24. The van der Waals surface area contributed by atoms with Gasteiger partial charge in [-0.05, 0) is 50.5 Å². The van der Waals surface area contributed by atoms with E-state index in [0.29, 0.717) is 6.04 Å². The van der Waals surface area contributed by atoms with E-state index in [-0.39, 0.29) is 11.9 Å². The van der Waals surface area contributed by atoms with Crippen molar-refractivity contribution in [2.75, 3.05) is 18.0 Å². The molecule has 1 aromatic carbocycles. The van der Waals surface area contributed by atoms with E-state index in [1.807, 2.05) is 16.8 Å². The summed E-state index contributed by atoms with van der Waals surface area (Å²) in [5.41, 5.74) is 1.10. The number of hydrogen-bond donors (Lipinski definition) is 1. The molecule has 24 heavy (non-hydrogen) atoms. The van der Waals surface area contributed by atoms with E-state index >= 15 is 0 Å². The van der Waals surface area contributed by atoms with E-state index in [2.05, 4.69) is 34.1 Å². The molecule has 0 amide bonds. The lowest BCUT2D eigenvalue weighted by atomic mass is 10.0. The second kappa shape index (κ2) is 7.75. The van der Waals surface area contributed by atoms with Crippen molar-refractivity contribution in [2.45, 2.75) is 51.7 Å². The maximum absolute atomic E-state index is 13.1. The first-order valence-corrected chi connectivity index (χ1v) is 8.85. The number of nitrogens with zero attached hydrogens (tertiary/aromatic N) is 4. The number of anilines is 1. The van der Waals surface area contributed by atoms with Crippen LogP contribution >= 0.6 is 0 Å². The number of benzene rings is 1. The number of aryl methyl sites for hydroxylation is 1. The third-order valence-corrected chi connectivity index (χ3v) is 4.79. The summed E-state index contributed by atoms with van der Waals surface area (Å²) in [6, 6.07) is 7.52. The Morgan fingerprint density at radius 2 is 1.92 bits per heavy atom. The lowest BCUT2D eigenvalue weighted by Crippen LogP contribution is -2.44. The Hall–Kier alpha value is -1.95. The molecule has 1 N–H and O–H groups in total. The molecule has 0 radical (unpaired) electrons. The highest BCUT2D eigenvalue weighted by molar-refractivity contribution is 5.46. The van der Waals surface area contributed by atoms with Gasteiger partial charge in [-0.2, -0.15) is 5.10 Å². The van der Waals surface area contributed by atoms with E-state index < -0.39 is 0 Å². The Balaban J connectivity index is 1.57. The minimum Gasteiger partial charge on any atom is -0.371 e. The second-order valence-electron chi connectivity index (χ2n) is 6.30. The molecule has 0 spiro atoms. The zero-order valence-corrected chi connectivity index (χ0v) is 14.5. The fraction of sp³-hybridized carbons (Fsp3) is 0.556. The van der Waals surface area contributed by atoms with Crippen LogP contribution in [0, 0.1) is 5.82 Å². The van der Waals surface area contributed by atoms with E-state index in [1.165, 1.54) is 12.1 Å². The predicted octanol–water partition coefficient (Wildman–Crippen LogP) is 3.15. The minimum atomic E-state index is -0.180. The van der Waals surface area contributed by atoms with Crippen molar-refractivity contribution >= 4 is 5.69 Å². The first-order valence-electron chi connectivity index (χ1n) is 8.85. The molecule has 2 aromatic rings. The molecule has 1 saturated heterocycles. The minimum absolute atomic E-state index is 0.180. The molecule has 2 heterocycles. The van der Waals surface area contributed by atoms with Crippen molar-refractivity contribution in [1.82, 2.24) is 20.1 Å². The lowest BCUT2D eigenvalue weighted by Gasteiger charge is -2.35. The Bertz CT molecular complexity index is 631. The van der Waals surface area contributed by atoms with E-state index in [9.17, 15) is 4.39 Å². The summed E-state index contributed by atoms with van der Waals surface area (Å²) in [6.07, 6.45) is 4.79. The van der Waals surface area contributed by atoms with Gasteiger partial charge in [-0.15, -0.1) is 0 Å². The lowest BCUT2D eigenvalue weighted by molar-refractivity contribution is 0.347. The normalized spacial score (nSPS) is 17.2. The van der Waals surface area contributed by atoms with Crippen molar-refractivity contribution < 1.29 is 4.39 Å². The van der Waals surface area contributed by atoms with Gasteiger partial charge in [0.25, 0.3) is 0 Å². The van der Waals surface area contributed by atoms with Gasteiger partial charge < -0.3 is 10.2 Å². The molecule has 130 valence electrons. The van der Waals surface area contributed by atoms with E-state index in [0.717, 1.165) is 50.4 Å². The van der Waals surface area contributed by atoms with Gasteiger partial charge in [0.05, 0.1) is 6.04 Å². The van der Waals surface area contributed by atoms with Gasteiger partial charge in [-0.25, -0.2) is 14.1 Å². The average molecular weight is 331 g/mol. The molecule has 0 aliphatic carbocycles. The van der Waals surface area contributed by atoms with Gasteiger partial charge >= 0.3 is 0 Å². The largest absolute Gasteiger partial charge is 0.371 e. The summed E-state index contributed by atoms with van der Waals surface area (Å²) in [5, 5.41) is 8.04. The van der Waals surface area contributed by atoms with Crippen molar-refractivity contribution in [3.8, 4) is 0 Å². The topological polar surface area (TPSA) is 46.0 Å². The molecular formula is C18H26FN5. The van der Waals surface area contributed by atoms with Crippen LogP contribution in [0.1, 0.15) is 45.0 Å². The zero-order valence-electron chi connectivity index (χ0n) is 14.5. The quantitative estimate of drug-likeness (QED) is 0.883. The van der Waals surface area contributed by atoms with Gasteiger partial charge in [-0.1, -0.05) is 6.92 Å². The maximum atomic E-state index is 13.1. The molecule has 0 saturated carbocycles. The third kappa shape index (κ3) is 3.75. The summed E-state index contributed by atoms with van der Waals surface area (Å²) < 4.78 is 15.0. The van der Waals surface area contributed by atoms with Crippen LogP contribution in [0.5, 0.6) is 0 Å². The van der Waals surface area contributed by atoms with Gasteiger partial charge in [0.2, 0.25) is 0 Å². The highest BCUT2D eigenvalue weighted by atomic mass is 19.1. The second-order valence-corrected chi connectivity index (χ2v) is 6.30. The monoisotopic (exact) mass is 331 g/mol. The first-order chi connectivity index (χ1) is 11.7. The summed E-state index contributed by atoms with van der Waals surface area (Å²) in [4.78, 5) is 6.76. The van der Waals surface area contributed by atoms with Crippen LogP contribution in [-0.2, 0) is 6.54 Å². The van der Waals surface area contributed by atoms with Crippen LogP contribution in [0.4, 0.5) is 10.1 Å². The van der Waals surface area contributed by atoms with Crippen LogP contribution in [0.3, 0.4) is 0 Å². The average Bonchev–Trinajstić information content (AvgIpc) is 3.09. The van der Waals surface area contributed by atoms with Gasteiger partial charge in [0.15, 0.2) is 0 Å². The molecule has 6 heteroatoms. The fourth-order valence-corrected chi connectivity index (χ4v) is 3.40. The number of hydrogen-bond acceptors (Lipinski definition) is 4. The Morgan fingerprint density at radius 1 is 1.21 bits per heavy atom. The predicted molar refractivity (Wildman–Crippen MR) is 93.5 cm³/mol. The molecule has 5 nitrogen and oxygen atoms in total. The molecular weight excluding hydrogens is 305 g/mol. The van der Waals surface area contributed by atoms with Crippen molar-refractivity contribution in [3.63, 3.8) is 0 Å².